The Morgan fingerprint density at radius 3 is 1.51 bits per heavy atom. The van der Waals surface area contributed by atoms with Crippen LogP contribution in [-0.2, 0) is 5.41 Å². The van der Waals surface area contributed by atoms with Gasteiger partial charge in [0, 0.05) is 27.2 Å². The van der Waals surface area contributed by atoms with Crippen molar-refractivity contribution in [2.24, 2.45) is 0 Å². The van der Waals surface area contributed by atoms with Crippen LogP contribution in [0.5, 0.6) is 0 Å². The van der Waals surface area contributed by atoms with Gasteiger partial charge in [-0.1, -0.05) is 176 Å². The maximum atomic E-state index is 2.52. The van der Waals surface area contributed by atoms with Crippen molar-refractivity contribution in [1.29, 1.82) is 0 Å². The van der Waals surface area contributed by atoms with E-state index in [-0.39, 0.29) is 0 Å². The summed E-state index contributed by atoms with van der Waals surface area (Å²) in [5.41, 5.74) is 19.4. The van der Waals surface area contributed by atoms with E-state index in [2.05, 4.69) is 240 Å². The number of hydrogen-bond donors (Lipinski definition) is 0. The highest BCUT2D eigenvalue weighted by atomic mass is 15.0. The molecule has 2 heterocycles. The molecule has 0 aliphatic heterocycles. The molecule has 63 heavy (non-hydrogen) atoms. The van der Waals surface area contributed by atoms with Crippen LogP contribution in [0.2, 0.25) is 0 Å². The molecule has 2 nitrogen and oxygen atoms in total. The average molecular weight is 803 g/mol. The van der Waals surface area contributed by atoms with E-state index in [9.17, 15) is 0 Å². The molecule has 0 atom stereocenters. The first-order chi connectivity index (χ1) is 31.3. The summed E-state index contributed by atoms with van der Waals surface area (Å²) in [7, 11) is 0. The summed E-state index contributed by atoms with van der Waals surface area (Å²) in [6, 6.07) is 79.2. The maximum absolute atomic E-state index is 2.52. The Kier molecular flexibility index (Phi) is 7.98. The molecule has 2 aliphatic rings. The zero-order chi connectivity index (χ0) is 41.5. The Hall–Kier alpha value is -7.94. The van der Waals surface area contributed by atoms with Crippen LogP contribution in [0.3, 0.4) is 0 Å². The number of fused-ring (bicyclic) bond motifs is 9. The first-order valence-electron chi connectivity index (χ1n) is 22.2. The van der Waals surface area contributed by atoms with Crippen LogP contribution in [-0.4, -0.2) is 9.13 Å². The summed E-state index contributed by atoms with van der Waals surface area (Å²) in [5, 5.41) is 4.99. The monoisotopic (exact) mass is 802 g/mol. The maximum Gasteiger partial charge on any atom is 0.0733 e. The Morgan fingerprint density at radius 2 is 0.873 bits per heavy atom. The molecule has 0 saturated carbocycles. The molecule has 296 valence electrons. The van der Waals surface area contributed by atoms with E-state index in [0.29, 0.717) is 0 Å². The third-order valence-electron chi connectivity index (χ3n) is 13.8. The summed E-state index contributed by atoms with van der Waals surface area (Å²) >= 11 is 0. The lowest BCUT2D eigenvalue weighted by Gasteiger charge is -2.35. The van der Waals surface area contributed by atoms with Gasteiger partial charge in [-0.25, -0.2) is 0 Å². The molecule has 0 bridgehead atoms. The molecule has 13 rings (SSSR count). The quantitative estimate of drug-likeness (QED) is 0.158. The highest BCUT2D eigenvalue weighted by Gasteiger charge is 2.47. The Bertz CT molecular complexity index is 3620. The largest absolute Gasteiger partial charge is 0.309 e. The highest BCUT2D eigenvalue weighted by molar-refractivity contribution is 6.13. The van der Waals surface area contributed by atoms with Gasteiger partial charge in [-0.05, 0) is 123 Å². The van der Waals surface area contributed by atoms with Gasteiger partial charge in [0.25, 0.3) is 0 Å². The Morgan fingerprint density at radius 1 is 0.365 bits per heavy atom. The number of nitrogens with zero attached hydrogens (tertiary/aromatic N) is 2. The number of benzene rings is 9. The fourth-order valence-corrected chi connectivity index (χ4v) is 11.1. The van der Waals surface area contributed by atoms with E-state index in [0.717, 1.165) is 12.8 Å². The van der Waals surface area contributed by atoms with Gasteiger partial charge in [-0.2, -0.15) is 0 Å². The van der Waals surface area contributed by atoms with Crippen LogP contribution < -0.4 is 0 Å². The number of hydrogen-bond acceptors (Lipinski definition) is 0. The molecular formula is C61H42N2. The summed E-state index contributed by atoms with van der Waals surface area (Å²) < 4.78 is 4.93. The van der Waals surface area contributed by atoms with Crippen LogP contribution in [0, 0.1) is 0 Å². The third kappa shape index (κ3) is 5.25. The smallest absolute Gasteiger partial charge is 0.0733 e. The predicted octanol–water partition coefficient (Wildman–Crippen LogP) is 15.6. The molecule has 0 amide bonds. The van der Waals surface area contributed by atoms with Crippen molar-refractivity contribution < 1.29 is 0 Å². The van der Waals surface area contributed by atoms with Crippen molar-refractivity contribution in [2.45, 2.75) is 18.3 Å². The first-order valence-corrected chi connectivity index (χ1v) is 22.2. The van der Waals surface area contributed by atoms with Gasteiger partial charge < -0.3 is 9.13 Å². The summed E-state index contributed by atoms with van der Waals surface area (Å²) in [6.45, 7) is 0. The summed E-state index contributed by atoms with van der Waals surface area (Å²) in [5.74, 6) is 0. The van der Waals surface area contributed by atoms with Gasteiger partial charge >= 0.3 is 0 Å². The highest BCUT2D eigenvalue weighted by Crippen LogP contribution is 2.57. The topological polar surface area (TPSA) is 9.86 Å². The molecule has 2 aromatic heterocycles. The third-order valence-corrected chi connectivity index (χ3v) is 13.8. The molecule has 11 aromatic rings. The molecule has 0 fully saturated rings. The normalized spacial score (nSPS) is 14.1. The van der Waals surface area contributed by atoms with E-state index >= 15 is 0 Å². The molecule has 0 unspecified atom stereocenters. The predicted molar refractivity (Wildman–Crippen MR) is 264 cm³/mol. The van der Waals surface area contributed by atoms with Crippen molar-refractivity contribution in [2.75, 3.05) is 0 Å². The van der Waals surface area contributed by atoms with Crippen LogP contribution in [0.25, 0.3) is 82.8 Å². The van der Waals surface area contributed by atoms with Crippen molar-refractivity contribution in [3.05, 3.63) is 258 Å². The second kappa shape index (κ2) is 14.1. The second-order valence-corrected chi connectivity index (χ2v) is 17.1. The number of rotatable bonds is 6. The van der Waals surface area contributed by atoms with Gasteiger partial charge in [-0.3, -0.25) is 0 Å². The minimum atomic E-state index is -0.524. The fourth-order valence-electron chi connectivity index (χ4n) is 11.1. The van der Waals surface area contributed by atoms with Gasteiger partial charge in [-0.15, -0.1) is 0 Å². The van der Waals surface area contributed by atoms with Gasteiger partial charge in [0.2, 0.25) is 0 Å². The minimum absolute atomic E-state index is 0.524. The molecule has 0 spiro atoms. The van der Waals surface area contributed by atoms with Crippen molar-refractivity contribution in [3.63, 3.8) is 0 Å². The van der Waals surface area contributed by atoms with Crippen LogP contribution >= 0.6 is 0 Å². The lowest BCUT2D eigenvalue weighted by atomic mass is 9.67. The Balaban J connectivity index is 0.988. The standard InChI is InChI=1S/C61H42N2/c1-3-17-41(18-4-1)42-31-35-46(36-32-42)62-56-28-14-9-23-49(56)51-39-43(33-37-58(51)62)44-34-38-59-52(40-44)50-24-10-15-29-57(50)63(59)60-30-16-13-27-55(60)61(45-19-5-2-6-20-45)53-25-11-7-21-47(53)48-22-8-12-26-54(48)61/h2-3,5-40H,1,4H2. The zero-order valence-electron chi connectivity index (χ0n) is 34.7. The van der Waals surface area contributed by atoms with Gasteiger partial charge in [0.15, 0.2) is 0 Å². The molecular weight excluding hydrogens is 761 g/mol. The van der Waals surface area contributed by atoms with Crippen molar-refractivity contribution >= 4 is 49.2 Å². The van der Waals surface area contributed by atoms with E-state index in [1.165, 1.54) is 111 Å². The first kappa shape index (κ1) is 35.8. The molecule has 2 aliphatic carbocycles. The number of allylic oxidation sites excluding steroid dienone is 4. The van der Waals surface area contributed by atoms with Crippen LogP contribution in [0.1, 0.15) is 40.7 Å². The van der Waals surface area contributed by atoms with E-state index in [1.54, 1.807) is 0 Å². The second-order valence-electron chi connectivity index (χ2n) is 17.1. The lowest BCUT2D eigenvalue weighted by molar-refractivity contribution is 0.761. The lowest BCUT2D eigenvalue weighted by Crippen LogP contribution is -2.30. The fraction of sp³-hybridized carbons (Fsp3) is 0.0492. The van der Waals surface area contributed by atoms with E-state index in [1.807, 2.05) is 0 Å². The number of aromatic nitrogens is 2. The molecule has 9 aromatic carbocycles. The zero-order valence-corrected chi connectivity index (χ0v) is 34.7. The van der Waals surface area contributed by atoms with Crippen LogP contribution in [0.4, 0.5) is 0 Å². The van der Waals surface area contributed by atoms with Crippen molar-refractivity contribution in [3.8, 4) is 33.6 Å². The summed E-state index contributed by atoms with van der Waals surface area (Å²) in [6.07, 6.45) is 9.11. The van der Waals surface area contributed by atoms with Gasteiger partial charge in [0.1, 0.15) is 0 Å². The molecule has 0 N–H and O–H groups in total. The van der Waals surface area contributed by atoms with E-state index < -0.39 is 5.41 Å². The van der Waals surface area contributed by atoms with Crippen LogP contribution in [0.15, 0.2) is 231 Å². The average Bonchev–Trinajstić information content (AvgIpc) is 3.98. The molecule has 2 heteroatoms. The minimum Gasteiger partial charge on any atom is -0.309 e. The molecule has 0 saturated heterocycles. The van der Waals surface area contributed by atoms with Gasteiger partial charge in [0.05, 0.1) is 33.2 Å². The van der Waals surface area contributed by atoms with E-state index in [4.69, 9.17) is 0 Å². The summed E-state index contributed by atoms with van der Waals surface area (Å²) in [4.78, 5) is 0. The number of para-hydroxylation sites is 3. The molecule has 0 radical (unpaired) electrons. The Labute approximate surface area is 367 Å². The van der Waals surface area contributed by atoms with Crippen molar-refractivity contribution in [1.82, 2.24) is 9.13 Å². The SMILES string of the molecule is C1=CC(c2ccc(-n3c4ccccc4c4cc(-c5ccc6c(c5)c5ccccc5n6-c5ccccc5C5(c6ccccc6)c6ccccc6-c6ccccc65)ccc43)cc2)=CCC1.